The van der Waals surface area contributed by atoms with E-state index in [0.717, 1.165) is 38.8 Å². The Morgan fingerprint density at radius 2 is 2.16 bits per heavy atom. The molecule has 0 aliphatic carbocycles. The molecular formula is C14H28N2O3. The molecule has 1 atom stereocenters. The van der Waals surface area contributed by atoms with Crippen molar-refractivity contribution in [2.75, 3.05) is 39.4 Å². The molecule has 0 saturated carbocycles. The van der Waals surface area contributed by atoms with E-state index in [1.165, 1.54) is 0 Å². The Morgan fingerprint density at radius 1 is 1.42 bits per heavy atom. The molecule has 1 fully saturated rings. The predicted octanol–water partition coefficient (Wildman–Crippen LogP) is 0.766. The monoisotopic (exact) mass is 272 g/mol. The van der Waals surface area contributed by atoms with E-state index in [1.807, 2.05) is 4.90 Å². The molecule has 19 heavy (non-hydrogen) atoms. The van der Waals surface area contributed by atoms with Crippen molar-refractivity contribution in [3.63, 3.8) is 0 Å². The first kappa shape index (κ1) is 16.4. The molecular weight excluding hydrogens is 244 g/mol. The molecule has 0 aromatic heterocycles. The summed E-state index contributed by atoms with van der Waals surface area (Å²) in [5, 5.41) is 12.7. The number of amides is 1. The summed E-state index contributed by atoms with van der Waals surface area (Å²) < 4.78 is 5.33. The molecule has 1 aliphatic heterocycles. The Labute approximate surface area is 116 Å². The van der Waals surface area contributed by atoms with E-state index in [4.69, 9.17) is 4.74 Å². The molecule has 1 heterocycles. The standard InChI is InChI=1S/C14H28N2O3/c1-2-3-10-19-12-13(17)11-15-7-6-14(18)16-8-4-5-9-16/h13,15,17H,2-12H2,1H3. The van der Waals surface area contributed by atoms with Crippen LogP contribution in [0.3, 0.4) is 0 Å². The molecule has 1 saturated heterocycles. The minimum Gasteiger partial charge on any atom is -0.389 e. The van der Waals surface area contributed by atoms with Gasteiger partial charge in [-0.05, 0) is 19.3 Å². The lowest BCUT2D eigenvalue weighted by atomic mass is 10.3. The number of ether oxygens (including phenoxy) is 1. The molecule has 1 aliphatic rings. The number of nitrogens with one attached hydrogen (secondary N) is 1. The van der Waals surface area contributed by atoms with E-state index >= 15 is 0 Å². The minimum atomic E-state index is -0.487. The third kappa shape index (κ3) is 7.50. The van der Waals surface area contributed by atoms with Crippen molar-refractivity contribution in [2.24, 2.45) is 0 Å². The zero-order valence-corrected chi connectivity index (χ0v) is 12.1. The first-order valence-corrected chi connectivity index (χ1v) is 7.48. The Hall–Kier alpha value is -0.650. The van der Waals surface area contributed by atoms with Crippen LogP contribution in [0.2, 0.25) is 0 Å². The van der Waals surface area contributed by atoms with E-state index < -0.39 is 6.10 Å². The Kier molecular flexibility index (Phi) is 8.79. The molecule has 0 aromatic carbocycles. The van der Waals surface area contributed by atoms with Gasteiger partial charge in [0.25, 0.3) is 0 Å². The molecule has 1 rings (SSSR count). The van der Waals surface area contributed by atoms with Crippen molar-refractivity contribution < 1.29 is 14.6 Å². The maximum absolute atomic E-state index is 11.7. The number of rotatable bonds is 10. The normalized spacial score (nSPS) is 16.8. The summed E-state index contributed by atoms with van der Waals surface area (Å²) in [5.41, 5.74) is 0. The SMILES string of the molecule is CCCCOCC(O)CNCCC(=O)N1CCCC1. The van der Waals surface area contributed by atoms with E-state index in [2.05, 4.69) is 12.2 Å². The van der Waals surface area contributed by atoms with E-state index in [1.54, 1.807) is 0 Å². The van der Waals surface area contributed by atoms with Gasteiger partial charge in [-0.1, -0.05) is 13.3 Å². The van der Waals surface area contributed by atoms with Crippen LogP contribution >= 0.6 is 0 Å². The number of carbonyl (C=O) groups excluding carboxylic acids is 1. The summed E-state index contributed by atoms with van der Waals surface area (Å²) in [6.07, 6.45) is 4.43. The van der Waals surface area contributed by atoms with Gasteiger partial charge in [-0.15, -0.1) is 0 Å². The van der Waals surface area contributed by atoms with Crippen LogP contribution in [0.25, 0.3) is 0 Å². The summed E-state index contributed by atoms with van der Waals surface area (Å²) in [5.74, 6) is 0.221. The average molecular weight is 272 g/mol. The van der Waals surface area contributed by atoms with E-state index in [9.17, 15) is 9.90 Å². The van der Waals surface area contributed by atoms with Crippen LogP contribution in [0.1, 0.15) is 39.0 Å². The number of carbonyl (C=O) groups is 1. The van der Waals surface area contributed by atoms with Crippen LogP contribution in [-0.2, 0) is 9.53 Å². The van der Waals surface area contributed by atoms with Crippen LogP contribution in [0.4, 0.5) is 0 Å². The maximum Gasteiger partial charge on any atom is 0.223 e. The van der Waals surface area contributed by atoms with Gasteiger partial charge in [0, 0.05) is 39.2 Å². The van der Waals surface area contributed by atoms with Crippen LogP contribution in [0.5, 0.6) is 0 Å². The van der Waals surface area contributed by atoms with Gasteiger partial charge in [0.05, 0.1) is 12.7 Å². The Morgan fingerprint density at radius 3 is 2.84 bits per heavy atom. The van der Waals surface area contributed by atoms with Gasteiger partial charge in [-0.2, -0.15) is 0 Å². The molecule has 0 aromatic rings. The molecule has 0 bridgehead atoms. The number of unbranched alkanes of at least 4 members (excludes halogenated alkanes) is 1. The van der Waals surface area contributed by atoms with Crippen LogP contribution in [0.15, 0.2) is 0 Å². The van der Waals surface area contributed by atoms with Crippen molar-refractivity contribution in [1.29, 1.82) is 0 Å². The third-order valence-electron chi connectivity index (χ3n) is 3.31. The molecule has 5 nitrogen and oxygen atoms in total. The van der Waals surface area contributed by atoms with Gasteiger partial charge in [-0.25, -0.2) is 0 Å². The second-order valence-corrected chi connectivity index (χ2v) is 5.12. The number of hydrogen-bond donors (Lipinski definition) is 2. The molecule has 112 valence electrons. The number of likely N-dealkylation sites (tertiary alicyclic amines) is 1. The number of nitrogens with zero attached hydrogens (tertiary/aromatic N) is 1. The summed E-state index contributed by atoms with van der Waals surface area (Å²) in [6.45, 7) is 6.12. The Bertz CT molecular complexity index is 243. The van der Waals surface area contributed by atoms with Gasteiger partial charge < -0.3 is 20.1 Å². The highest BCUT2D eigenvalue weighted by Gasteiger charge is 2.16. The third-order valence-corrected chi connectivity index (χ3v) is 3.31. The molecule has 1 amide bonds. The molecule has 5 heteroatoms. The zero-order valence-electron chi connectivity index (χ0n) is 12.1. The highest BCUT2D eigenvalue weighted by molar-refractivity contribution is 5.76. The molecule has 1 unspecified atom stereocenters. The fraction of sp³-hybridized carbons (Fsp3) is 0.929. The molecule has 0 spiro atoms. The topological polar surface area (TPSA) is 61.8 Å². The van der Waals surface area contributed by atoms with Crippen molar-refractivity contribution in [1.82, 2.24) is 10.2 Å². The smallest absolute Gasteiger partial charge is 0.223 e. The largest absolute Gasteiger partial charge is 0.389 e. The average Bonchev–Trinajstić information content (AvgIpc) is 2.93. The quantitative estimate of drug-likeness (QED) is 0.577. The lowest BCUT2D eigenvalue weighted by Gasteiger charge is -2.16. The zero-order chi connectivity index (χ0) is 13.9. The van der Waals surface area contributed by atoms with Gasteiger partial charge in [-0.3, -0.25) is 4.79 Å². The van der Waals surface area contributed by atoms with Crippen molar-refractivity contribution in [3.05, 3.63) is 0 Å². The lowest BCUT2D eigenvalue weighted by Crippen LogP contribution is -2.34. The van der Waals surface area contributed by atoms with Crippen molar-refractivity contribution >= 4 is 5.91 Å². The van der Waals surface area contributed by atoms with E-state index in [-0.39, 0.29) is 5.91 Å². The second kappa shape index (κ2) is 10.2. The van der Waals surface area contributed by atoms with Gasteiger partial charge in [0.2, 0.25) is 5.91 Å². The van der Waals surface area contributed by atoms with Gasteiger partial charge in [0.15, 0.2) is 0 Å². The van der Waals surface area contributed by atoms with Gasteiger partial charge >= 0.3 is 0 Å². The highest BCUT2D eigenvalue weighted by Crippen LogP contribution is 2.08. The Balaban J connectivity index is 1.93. The van der Waals surface area contributed by atoms with Crippen LogP contribution in [0, 0.1) is 0 Å². The first-order chi connectivity index (χ1) is 9.24. The summed E-state index contributed by atoms with van der Waals surface area (Å²) >= 11 is 0. The lowest BCUT2D eigenvalue weighted by molar-refractivity contribution is -0.130. The fourth-order valence-electron chi connectivity index (χ4n) is 2.11. The number of aliphatic hydroxyl groups excluding tert-OH is 1. The van der Waals surface area contributed by atoms with Crippen LogP contribution < -0.4 is 5.32 Å². The first-order valence-electron chi connectivity index (χ1n) is 7.48. The van der Waals surface area contributed by atoms with Crippen LogP contribution in [-0.4, -0.2) is 61.4 Å². The maximum atomic E-state index is 11.7. The second-order valence-electron chi connectivity index (χ2n) is 5.12. The van der Waals surface area contributed by atoms with E-state index in [0.29, 0.717) is 32.7 Å². The van der Waals surface area contributed by atoms with Crippen molar-refractivity contribution in [3.8, 4) is 0 Å². The summed E-state index contributed by atoms with van der Waals surface area (Å²) in [4.78, 5) is 13.7. The number of hydrogen-bond acceptors (Lipinski definition) is 4. The number of aliphatic hydroxyl groups is 1. The van der Waals surface area contributed by atoms with Gasteiger partial charge in [0.1, 0.15) is 0 Å². The molecule has 0 radical (unpaired) electrons. The predicted molar refractivity (Wildman–Crippen MR) is 75.0 cm³/mol. The molecule has 2 N–H and O–H groups in total. The van der Waals surface area contributed by atoms with Crippen molar-refractivity contribution in [2.45, 2.75) is 45.1 Å². The highest BCUT2D eigenvalue weighted by atomic mass is 16.5. The fourth-order valence-corrected chi connectivity index (χ4v) is 2.11. The minimum absolute atomic E-state index is 0.221. The summed E-state index contributed by atoms with van der Waals surface area (Å²) in [6, 6.07) is 0. The summed E-state index contributed by atoms with van der Waals surface area (Å²) in [7, 11) is 0.